The molecular formula is C14H16N4. The molecule has 2 heterocycles. The molecule has 4 nitrogen and oxygen atoms in total. The van der Waals surface area contributed by atoms with Crippen molar-refractivity contribution in [3.8, 4) is 0 Å². The molecular weight excluding hydrogens is 224 g/mol. The maximum Gasteiger partial charge on any atom is 0.113 e. The standard InChI is InChI=1S/C14H16N4/c1-12(17-9-5-10-17)6-4-11-18-14-8-3-2-7-13(14)15-16-18/h2-4,6-8H,1,5,9-11H2/b6-4+. The van der Waals surface area contributed by atoms with Gasteiger partial charge in [-0.1, -0.05) is 30.0 Å². The third kappa shape index (κ3) is 2.01. The number of nitrogens with zero attached hydrogens (tertiary/aromatic N) is 4. The van der Waals surface area contributed by atoms with E-state index in [1.165, 1.54) is 6.42 Å². The second-order valence-corrected chi connectivity index (χ2v) is 4.49. The summed E-state index contributed by atoms with van der Waals surface area (Å²) in [5, 5.41) is 8.27. The number of hydrogen-bond acceptors (Lipinski definition) is 3. The molecule has 1 aromatic heterocycles. The van der Waals surface area contributed by atoms with E-state index >= 15 is 0 Å². The molecule has 3 rings (SSSR count). The Morgan fingerprint density at radius 3 is 2.94 bits per heavy atom. The van der Waals surface area contributed by atoms with Gasteiger partial charge in [-0.2, -0.15) is 0 Å². The molecule has 1 fully saturated rings. The van der Waals surface area contributed by atoms with Gasteiger partial charge in [0, 0.05) is 18.8 Å². The van der Waals surface area contributed by atoms with Crippen LogP contribution in [0.2, 0.25) is 0 Å². The summed E-state index contributed by atoms with van der Waals surface area (Å²) in [7, 11) is 0. The molecule has 0 spiro atoms. The monoisotopic (exact) mass is 240 g/mol. The van der Waals surface area contributed by atoms with Crippen molar-refractivity contribution >= 4 is 11.0 Å². The minimum atomic E-state index is 0.730. The summed E-state index contributed by atoms with van der Waals surface area (Å²) in [6, 6.07) is 7.99. The highest BCUT2D eigenvalue weighted by Gasteiger charge is 2.12. The first-order valence-corrected chi connectivity index (χ1v) is 6.23. The summed E-state index contributed by atoms with van der Waals surface area (Å²) in [6.45, 7) is 7.05. The first-order valence-electron chi connectivity index (χ1n) is 6.23. The Morgan fingerprint density at radius 2 is 2.17 bits per heavy atom. The summed E-state index contributed by atoms with van der Waals surface area (Å²) >= 11 is 0. The molecule has 0 atom stereocenters. The SMILES string of the molecule is C=C(/C=C/Cn1nnc2ccccc21)N1CCC1. The predicted octanol–water partition coefficient (Wildman–Crippen LogP) is 2.21. The Morgan fingerprint density at radius 1 is 1.33 bits per heavy atom. The van der Waals surface area contributed by atoms with Gasteiger partial charge >= 0.3 is 0 Å². The van der Waals surface area contributed by atoms with Crippen molar-refractivity contribution in [3.05, 3.63) is 48.7 Å². The summed E-state index contributed by atoms with van der Waals surface area (Å²) < 4.78 is 1.90. The molecule has 1 saturated heterocycles. The fraction of sp³-hybridized carbons (Fsp3) is 0.286. The van der Waals surface area contributed by atoms with Crippen LogP contribution in [-0.2, 0) is 6.54 Å². The minimum Gasteiger partial charge on any atom is -0.372 e. The van der Waals surface area contributed by atoms with E-state index in [-0.39, 0.29) is 0 Å². The maximum absolute atomic E-state index is 4.14. The highest BCUT2D eigenvalue weighted by atomic mass is 15.4. The summed E-state index contributed by atoms with van der Waals surface area (Å²) in [4.78, 5) is 2.27. The first kappa shape index (κ1) is 11.0. The quantitative estimate of drug-likeness (QED) is 0.768. The first-order chi connectivity index (χ1) is 8.84. The average Bonchev–Trinajstić information content (AvgIpc) is 2.71. The molecule has 0 N–H and O–H groups in total. The van der Waals surface area contributed by atoms with Gasteiger partial charge in [0.25, 0.3) is 0 Å². The van der Waals surface area contributed by atoms with Crippen LogP contribution in [0.25, 0.3) is 11.0 Å². The molecule has 1 aliphatic rings. The zero-order valence-corrected chi connectivity index (χ0v) is 10.3. The lowest BCUT2D eigenvalue weighted by atomic mass is 10.2. The normalized spacial score (nSPS) is 15.2. The number of fused-ring (bicyclic) bond motifs is 1. The van der Waals surface area contributed by atoms with Crippen LogP contribution in [0.1, 0.15) is 6.42 Å². The minimum absolute atomic E-state index is 0.730. The molecule has 1 aliphatic heterocycles. The number of hydrogen-bond donors (Lipinski definition) is 0. The molecule has 0 unspecified atom stereocenters. The van der Waals surface area contributed by atoms with E-state index in [1.807, 2.05) is 28.9 Å². The molecule has 1 aromatic carbocycles. The van der Waals surface area contributed by atoms with Crippen LogP contribution >= 0.6 is 0 Å². The molecule has 0 bridgehead atoms. The van der Waals surface area contributed by atoms with E-state index < -0.39 is 0 Å². The summed E-state index contributed by atoms with van der Waals surface area (Å²) in [5.74, 6) is 0. The lowest BCUT2D eigenvalue weighted by Crippen LogP contribution is -2.35. The number of benzene rings is 1. The van der Waals surface area contributed by atoms with Crippen LogP contribution in [0.4, 0.5) is 0 Å². The van der Waals surface area contributed by atoms with Crippen molar-refractivity contribution in [2.24, 2.45) is 0 Å². The van der Waals surface area contributed by atoms with Crippen molar-refractivity contribution in [1.82, 2.24) is 19.9 Å². The van der Waals surface area contributed by atoms with Crippen LogP contribution in [0.15, 0.2) is 48.7 Å². The molecule has 0 amide bonds. The Hall–Kier alpha value is -2.10. The highest BCUT2D eigenvalue weighted by Crippen LogP contribution is 2.14. The van der Waals surface area contributed by atoms with E-state index in [4.69, 9.17) is 0 Å². The van der Waals surface area contributed by atoms with Crippen molar-refractivity contribution in [2.75, 3.05) is 13.1 Å². The van der Waals surface area contributed by atoms with Gasteiger partial charge < -0.3 is 4.90 Å². The molecule has 2 aromatic rings. The zero-order chi connectivity index (χ0) is 12.4. The third-order valence-corrected chi connectivity index (χ3v) is 3.27. The van der Waals surface area contributed by atoms with Gasteiger partial charge in [0.15, 0.2) is 0 Å². The molecule has 0 saturated carbocycles. The van der Waals surface area contributed by atoms with Gasteiger partial charge in [-0.15, -0.1) is 5.10 Å². The Labute approximate surface area is 106 Å². The molecule has 92 valence electrons. The van der Waals surface area contributed by atoms with Crippen molar-refractivity contribution in [1.29, 1.82) is 0 Å². The lowest BCUT2D eigenvalue weighted by molar-refractivity contribution is 0.247. The van der Waals surface area contributed by atoms with Crippen molar-refractivity contribution in [2.45, 2.75) is 13.0 Å². The highest BCUT2D eigenvalue weighted by molar-refractivity contribution is 5.73. The average molecular weight is 240 g/mol. The van der Waals surface area contributed by atoms with Crippen molar-refractivity contribution < 1.29 is 0 Å². The number of likely N-dealkylation sites (tertiary alicyclic amines) is 1. The maximum atomic E-state index is 4.14. The molecule has 0 radical (unpaired) electrons. The van der Waals surface area contributed by atoms with Gasteiger partial charge in [-0.3, -0.25) is 0 Å². The van der Waals surface area contributed by atoms with Crippen LogP contribution in [-0.4, -0.2) is 33.0 Å². The van der Waals surface area contributed by atoms with Gasteiger partial charge in [0.2, 0.25) is 0 Å². The summed E-state index contributed by atoms with van der Waals surface area (Å²) in [5.41, 5.74) is 3.09. The number of aromatic nitrogens is 3. The number of allylic oxidation sites excluding steroid dienone is 2. The predicted molar refractivity (Wildman–Crippen MR) is 72.0 cm³/mol. The van der Waals surface area contributed by atoms with Gasteiger partial charge in [0.1, 0.15) is 5.52 Å². The van der Waals surface area contributed by atoms with Crippen LogP contribution in [0.5, 0.6) is 0 Å². The lowest BCUT2D eigenvalue weighted by Gasteiger charge is -2.33. The molecule has 0 aliphatic carbocycles. The van der Waals surface area contributed by atoms with Crippen LogP contribution in [0.3, 0.4) is 0 Å². The van der Waals surface area contributed by atoms with E-state index in [1.54, 1.807) is 0 Å². The van der Waals surface area contributed by atoms with Crippen LogP contribution < -0.4 is 0 Å². The fourth-order valence-corrected chi connectivity index (χ4v) is 2.05. The smallest absolute Gasteiger partial charge is 0.113 e. The van der Waals surface area contributed by atoms with Crippen LogP contribution in [0, 0.1) is 0 Å². The van der Waals surface area contributed by atoms with E-state index in [2.05, 4.69) is 33.9 Å². The zero-order valence-electron chi connectivity index (χ0n) is 10.3. The van der Waals surface area contributed by atoms with E-state index in [0.29, 0.717) is 0 Å². The molecule has 4 heteroatoms. The number of para-hydroxylation sites is 1. The second-order valence-electron chi connectivity index (χ2n) is 4.49. The Bertz CT molecular complexity index is 593. The van der Waals surface area contributed by atoms with E-state index in [0.717, 1.165) is 36.4 Å². The van der Waals surface area contributed by atoms with Gasteiger partial charge in [-0.25, -0.2) is 4.68 Å². The second kappa shape index (κ2) is 4.64. The Kier molecular flexibility index (Phi) is 2.84. The third-order valence-electron chi connectivity index (χ3n) is 3.27. The van der Waals surface area contributed by atoms with Gasteiger partial charge in [0.05, 0.1) is 12.1 Å². The number of rotatable bonds is 4. The largest absolute Gasteiger partial charge is 0.372 e. The Balaban J connectivity index is 1.69. The van der Waals surface area contributed by atoms with E-state index in [9.17, 15) is 0 Å². The van der Waals surface area contributed by atoms with Crippen molar-refractivity contribution in [3.63, 3.8) is 0 Å². The van der Waals surface area contributed by atoms with Gasteiger partial charge in [-0.05, 0) is 24.6 Å². The molecule has 18 heavy (non-hydrogen) atoms. The fourth-order valence-electron chi connectivity index (χ4n) is 2.05. The topological polar surface area (TPSA) is 34.0 Å². The summed E-state index contributed by atoms with van der Waals surface area (Å²) in [6.07, 6.45) is 5.43.